The maximum Gasteiger partial charge on any atom is 0.106 e. The normalized spacial score (nSPS) is 10.4. The molecule has 2 rings (SSSR count). The van der Waals surface area contributed by atoms with E-state index in [4.69, 9.17) is 41.2 Å². The van der Waals surface area contributed by atoms with Gasteiger partial charge in [0.1, 0.15) is 4.99 Å². The van der Waals surface area contributed by atoms with Crippen LogP contribution in [0.1, 0.15) is 5.56 Å². The van der Waals surface area contributed by atoms with E-state index in [9.17, 15) is 0 Å². The molecule has 1 aromatic heterocycles. The van der Waals surface area contributed by atoms with Gasteiger partial charge in [0, 0.05) is 16.8 Å². The van der Waals surface area contributed by atoms with Crippen molar-refractivity contribution in [2.75, 3.05) is 0 Å². The Morgan fingerprint density at radius 2 is 2.06 bits per heavy atom. The fourth-order valence-electron chi connectivity index (χ4n) is 1.34. The van der Waals surface area contributed by atoms with Crippen LogP contribution in [0.25, 0.3) is 5.69 Å². The molecular formula is C10H7Cl2N3S. The number of benzene rings is 1. The molecular weight excluding hydrogens is 265 g/mol. The molecule has 0 amide bonds. The quantitative estimate of drug-likeness (QED) is 0.855. The molecule has 0 aliphatic rings. The van der Waals surface area contributed by atoms with Gasteiger partial charge in [0.25, 0.3) is 0 Å². The van der Waals surface area contributed by atoms with Crippen LogP contribution in [0.15, 0.2) is 30.6 Å². The summed E-state index contributed by atoms with van der Waals surface area (Å²) in [6.07, 6.45) is 3.20. The lowest BCUT2D eigenvalue weighted by atomic mass is 10.2. The van der Waals surface area contributed by atoms with Gasteiger partial charge < -0.3 is 5.73 Å². The Balaban J connectivity index is 2.62. The minimum Gasteiger partial charge on any atom is -0.389 e. The SMILES string of the molecule is NC(=S)c1ccc(Cl)cc1-n1cc(Cl)cn1. The average Bonchev–Trinajstić information content (AvgIpc) is 2.64. The molecule has 0 radical (unpaired) electrons. The summed E-state index contributed by atoms with van der Waals surface area (Å²) in [4.78, 5) is 0.290. The first-order valence-electron chi connectivity index (χ1n) is 4.38. The van der Waals surface area contributed by atoms with Gasteiger partial charge in [-0.2, -0.15) is 5.10 Å². The number of rotatable bonds is 2. The molecule has 1 heterocycles. The van der Waals surface area contributed by atoms with Crippen LogP contribution in [0.4, 0.5) is 0 Å². The maximum atomic E-state index is 5.92. The van der Waals surface area contributed by atoms with Crippen LogP contribution in [0.2, 0.25) is 10.0 Å². The largest absolute Gasteiger partial charge is 0.389 e. The summed E-state index contributed by atoms with van der Waals surface area (Å²) < 4.78 is 1.59. The molecule has 2 aromatic rings. The van der Waals surface area contributed by atoms with Crippen molar-refractivity contribution in [1.29, 1.82) is 0 Å². The predicted octanol–water partition coefficient (Wildman–Crippen LogP) is 2.81. The third-order valence-corrected chi connectivity index (χ3v) is 2.67. The predicted molar refractivity (Wildman–Crippen MR) is 69.5 cm³/mol. The Morgan fingerprint density at radius 3 is 2.62 bits per heavy atom. The Labute approximate surface area is 108 Å². The third kappa shape index (κ3) is 2.19. The minimum absolute atomic E-state index is 0.290. The summed E-state index contributed by atoms with van der Waals surface area (Å²) in [6, 6.07) is 5.22. The van der Waals surface area contributed by atoms with Gasteiger partial charge >= 0.3 is 0 Å². The number of nitrogens with two attached hydrogens (primary N) is 1. The second-order valence-electron chi connectivity index (χ2n) is 3.13. The van der Waals surface area contributed by atoms with Crippen molar-refractivity contribution in [3.8, 4) is 5.69 Å². The highest BCUT2D eigenvalue weighted by Gasteiger charge is 2.09. The number of halogens is 2. The molecule has 0 fully saturated rings. The molecule has 0 unspecified atom stereocenters. The molecule has 0 saturated carbocycles. The first-order chi connectivity index (χ1) is 7.58. The molecule has 2 N–H and O–H groups in total. The van der Waals surface area contributed by atoms with Crippen molar-refractivity contribution in [3.05, 3.63) is 46.2 Å². The molecule has 3 nitrogen and oxygen atoms in total. The van der Waals surface area contributed by atoms with Gasteiger partial charge in [-0.15, -0.1) is 0 Å². The Kier molecular flexibility index (Phi) is 3.14. The lowest BCUT2D eigenvalue weighted by Crippen LogP contribution is -2.13. The highest BCUT2D eigenvalue weighted by atomic mass is 35.5. The molecule has 0 atom stereocenters. The van der Waals surface area contributed by atoms with Crippen molar-refractivity contribution < 1.29 is 0 Å². The minimum atomic E-state index is 0.290. The van der Waals surface area contributed by atoms with Crippen molar-refractivity contribution in [2.45, 2.75) is 0 Å². The summed E-state index contributed by atoms with van der Waals surface area (Å²) >= 11 is 16.7. The van der Waals surface area contributed by atoms with Crippen LogP contribution >= 0.6 is 35.4 Å². The van der Waals surface area contributed by atoms with Gasteiger partial charge in [-0.05, 0) is 18.2 Å². The monoisotopic (exact) mass is 271 g/mol. The van der Waals surface area contributed by atoms with E-state index in [0.717, 1.165) is 0 Å². The second-order valence-corrected chi connectivity index (χ2v) is 4.44. The van der Waals surface area contributed by atoms with Crippen molar-refractivity contribution in [2.24, 2.45) is 5.73 Å². The fraction of sp³-hybridized carbons (Fsp3) is 0. The van der Waals surface area contributed by atoms with Gasteiger partial charge in [-0.3, -0.25) is 0 Å². The third-order valence-electron chi connectivity index (χ3n) is 2.02. The highest BCUT2D eigenvalue weighted by molar-refractivity contribution is 7.80. The summed E-state index contributed by atoms with van der Waals surface area (Å²) in [6.45, 7) is 0. The Morgan fingerprint density at radius 1 is 1.31 bits per heavy atom. The standard InChI is InChI=1S/C10H7Cl2N3S/c11-6-1-2-8(10(13)16)9(3-6)15-5-7(12)4-14-15/h1-5H,(H2,13,16). The van der Waals surface area contributed by atoms with Gasteiger partial charge in [0.2, 0.25) is 0 Å². The lowest BCUT2D eigenvalue weighted by Gasteiger charge is -2.08. The van der Waals surface area contributed by atoms with E-state index in [2.05, 4.69) is 5.10 Å². The summed E-state index contributed by atoms with van der Waals surface area (Å²) in [7, 11) is 0. The molecule has 16 heavy (non-hydrogen) atoms. The van der Waals surface area contributed by atoms with E-state index in [1.165, 1.54) is 6.20 Å². The summed E-state index contributed by atoms with van der Waals surface area (Å²) in [5.74, 6) is 0. The van der Waals surface area contributed by atoms with E-state index >= 15 is 0 Å². The van der Waals surface area contributed by atoms with E-state index in [0.29, 0.717) is 26.3 Å². The average molecular weight is 272 g/mol. The van der Waals surface area contributed by atoms with Crippen molar-refractivity contribution >= 4 is 40.4 Å². The molecule has 0 aliphatic carbocycles. The van der Waals surface area contributed by atoms with Crippen LogP contribution in [0.3, 0.4) is 0 Å². The van der Waals surface area contributed by atoms with Crippen molar-refractivity contribution in [3.63, 3.8) is 0 Å². The number of nitrogens with zero attached hydrogens (tertiary/aromatic N) is 2. The molecule has 0 saturated heterocycles. The fourth-order valence-corrected chi connectivity index (χ4v) is 1.81. The van der Waals surface area contributed by atoms with E-state index < -0.39 is 0 Å². The summed E-state index contributed by atoms with van der Waals surface area (Å²) in [5.41, 5.74) is 7.05. The first-order valence-corrected chi connectivity index (χ1v) is 5.54. The topological polar surface area (TPSA) is 43.8 Å². The molecule has 1 aromatic carbocycles. The van der Waals surface area contributed by atoms with Crippen molar-refractivity contribution in [1.82, 2.24) is 9.78 Å². The zero-order chi connectivity index (χ0) is 11.7. The molecule has 0 aliphatic heterocycles. The van der Waals surface area contributed by atoms with E-state index in [1.54, 1.807) is 29.1 Å². The Bertz CT molecular complexity index is 551. The number of hydrogen-bond acceptors (Lipinski definition) is 2. The number of hydrogen-bond donors (Lipinski definition) is 1. The first kappa shape index (κ1) is 11.4. The summed E-state index contributed by atoms with van der Waals surface area (Å²) in [5, 5.41) is 5.20. The van der Waals surface area contributed by atoms with Crippen LogP contribution in [0, 0.1) is 0 Å². The van der Waals surface area contributed by atoms with Gasteiger partial charge in [0.05, 0.1) is 16.9 Å². The molecule has 0 bridgehead atoms. The smallest absolute Gasteiger partial charge is 0.106 e. The zero-order valence-corrected chi connectivity index (χ0v) is 10.4. The van der Waals surface area contributed by atoms with E-state index in [-0.39, 0.29) is 0 Å². The maximum absolute atomic E-state index is 5.92. The Hall–Kier alpha value is -1.10. The van der Waals surface area contributed by atoms with Crippen LogP contribution in [-0.2, 0) is 0 Å². The van der Waals surface area contributed by atoms with Crippen LogP contribution in [-0.4, -0.2) is 14.8 Å². The molecule has 82 valence electrons. The van der Waals surface area contributed by atoms with Crippen LogP contribution in [0.5, 0.6) is 0 Å². The highest BCUT2D eigenvalue weighted by Crippen LogP contribution is 2.21. The van der Waals surface area contributed by atoms with E-state index in [1.807, 2.05) is 0 Å². The lowest BCUT2D eigenvalue weighted by molar-refractivity contribution is 0.879. The van der Waals surface area contributed by atoms with Gasteiger partial charge in [-0.25, -0.2) is 4.68 Å². The molecule has 0 spiro atoms. The second kappa shape index (κ2) is 4.41. The van der Waals surface area contributed by atoms with Gasteiger partial charge in [-0.1, -0.05) is 35.4 Å². The van der Waals surface area contributed by atoms with Gasteiger partial charge in [0.15, 0.2) is 0 Å². The van der Waals surface area contributed by atoms with Crippen LogP contribution < -0.4 is 5.73 Å². The molecule has 6 heteroatoms. The zero-order valence-electron chi connectivity index (χ0n) is 8.02. The number of aromatic nitrogens is 2. The number of thiocarbonyl (C=S) groups is 1.